The first kappa shape index (κ1) is 27.1. The largest absolute Gasteiger partial charge is 0.494 e. The minimum Gasteiger partial charge on any atom is -0.494 e. The molecule has 1 aromatic heterocycles. The van der Waals surface area contributed by atoms with E-state index < -0.39 is 22.5 Å². The Balaban J connectivity index is 1.48. The van der Waals surface area contributed by atoms with E-state index in [4.69, 9.17) is 21.4 Å². The highest BCUT2D eigenvalue weighted by molar-refractivity contribution is 7.89. The summed E-state index contributed by atoms with van der Waals surface area (Å²) in [6, 6.07) is 22.8. The van der Waals surface area contributed by atoms with E-state index in [1.807, 2.05) is 61.5 Å². The first-order chi connectivity index (χ1) is 18.4. The average Bonchev–Trinajstić information content (AvgIpc) is 3.36. The van der Waals surface area contributed by atoms with Crippen LogP contribution in [-0.2, 0) is 14.8 Å². The third kappa shape index (κ3) is 7.06. The maximum Gasteiger partial charge on any atom is 0.255 e. The number of para-hydroxylation sites is 1. The maximum absolute atomic E-state index is 12.4. The SMILES string of the molecule is CCCOc1ccc(-c2nn(-c3ccccc3)cc2/C=N\NC(=O)CNS(=O)(=O)c2ccc(Cl)cc2)cc1. The van der Waals surface area contributed by atoms with Crippen molar-refractivity contribution in [3.05, 3.63) is 95.6 Å². The molecular weight excluding hydrogens is 526 g/mol. The molecule has 2 N–H and O–H groups in total. The standard InChI is InChI=1S/C27H26ClN5O4S/c1-2-16-37-24-12-8-20(9-13-24)27-21(19-33(32-27)23-6-4-3-5-7-23)17-29-31-26(34)18-30-38(35,36)25-14-10-22(28)11-15-25/h3-15,17,19,30H,2,16,18H2,1H3,(H,31,34)/b29-17-. The number of hydrazone groups is 1. The van der Waals surface area contributed by atoms with E-state index in [1.54, 1.807) is 10.9 Å². The minimum absolute atomic E-state index is 0.00211. The van der Waals surface area contributed by atoms with Crippen molar-refractivity contribution in [3.8, 4) is 22.7 Å². The molecule has 0 fully saturated rings. The van der Waals surface area contributed by atoms with Gasteiger partial charge in [0, 0.05) is 22.3 Å². The molecule has 1 heterocycles. The lowest BCUT2D eigenvalue weighted by Crippen LogP contribution is -2.34. The topological polar surface area (TPSA) is 115 Å². The highest BCUT2D eigenvalue weighted by Crippen LogP contribution is 2.25. The van der Waals surface area contributed by atoms with Gasteiger partial charge in [0.15, 0.2) is 0 Å². The Morgan fingerprint density at radius 2 is 1.76 bits per heavy atom. The summed E-state index contributed by atoms with van der Waals surface area (Å²) in [5.41, 5.74) is 5.35. The van der Waals surface area contributed by atoms with Gasteiger partial charge in [-0.25, -0.2) is 23.2 Å². The van der Waals surface area contributed by atoms with Gasteiger partial charge in [0.1, 0.15) is 11.4 Å². The van der Waals surface area contributed by atoms with Gasteiger partial charge in [0.05, 0.1) is 29.9 Å². The van der Waals surface area contributed by atoms with Crippen molar-refractivity contribution in [2.24, 2.45) is 5.10 Å². The normalized spacial score (nSPS) is 11.5. The molecule has 0 saturated carbocycles. The van der Waals surface area contributed by atoms with Gasteiger partial charge in [0.25, 0.3) is 5.91 Å². The number of carbonyl (C=O) groups excluding carboxylic acids is 1. The summed E-state index contributed by atoms with van der Waals surface area (Å²) in [6.45, 7) is 2.19. The van der Waals surface area contributed by atoms with E-state index >= 15 is 0 Å². The van der Waals surface area contributed by atoms with Crippen molar-refractivity contribution in [3.63, 3.8) is 0 Å². The summed E-state index contributed by atoms with van der Waals surface area (Å²) in [5, 5.41) is 9.15. The molecule has 4 aromatic rings. The Morgan fingerprint density at radius 3 is 2.45 bits per heavy atom. The lowest BCUT2D eigenvalue weighted by Gasteiger charge is -2.06. The Hall–Kier alpha value is -3.99. The van der Waals surface area contributed by atoms with Crippen molar-refractivity contribution in [2.45, 2.75) is 18.2 Å². The molecule has 0 aliphatic rings. The summed E-state index contributed by atoms with van der Waals surface area (Å²) < 4.78 is 34.4. The van der Waals surface area contributed by atoms with Crippen LogP contribution in [0.15, 0.2) is 95.1 Å². The van der Waals surface area contributed by atoms with Crippen LogP contribution >= 0.6 is 11.6 Å². The van der Waals surface area contributed by atoms with Crippen LogP contribution in [0, 0.1) is 0 Å². The third-order valence-electron chi connectivity index (χ3n) is 5.30. The Bertz CT molecular complexity index is 1500. The van der Waals surface area contributed by atoms with Crippen LogP contribution in [-0.4, -0.2) is 43.5 Å². The van der Waals surface area contributed by atoms with E-state index in [0.29, 0.717) is 22.9 Å². The van der Waals surface area contributed by atoms with E-state index in [-0.39, 0.29) is 4.90 Å². The van der Waals surface area contributed by atoms with Gasteiger partial charge in [-0.3, -0.25) is 4.79 Å². The second kappa shape index (κ2) is 12.5. The molecule has 0 spiro atoms. The number of rotatable bonds is 11. The zero-order valence-electron chi connectivity index (χ0n) is 20.5. The number of halogens is 1. The molecule has 1 amide bonds. The number of carbonyl (C=O) groups is 1. The van der Waals surface area contributed by atoms with Crippen molar-refractivity contribution < 1.29 is 17.9 Å². The van der Waals surface area contributed by atoms with Crippen LogP contribution in [0.3, 0.4) is 0 Å². The van der Waals surface area contributed by atoms with Crippen LogP contribution in [0.25, 0.3) is 16.9 Å². The number of nitrogens with one attached hydrogen (secondary N) is 2. The Morgan fingerprint density at radius 1 is 1.05 bits per heavy atom. The summed E-state index contributed by atoms with van der Waals surface area (Å²) in [4.78, 5) is 12.3. The Labute approximate surface area is 226 Å². The van der Waals surface area contributed by atoms with Gasteiger partial charge in [-0.2, -0.15) is 10.2 Å². The summed E-state index contributed by atoms with van der Waals surface area (Å²) in [5.74, 6) is 0.134. The zero-order valence-corrected chi connectivity index (χ0v) is 22.1. The maximum atomic E-state index is 12.4. The molecule has 4 rings (SSSR count). The van der Waals surface area contributed by atoms with Gasteiger partial charge in [-0.1, -0.05) is 36.7 Å². The number of aromatic nitrogens is 2. The molecule has 38 heavy (non-hydrogen) atoms. The molecular formula is C27H26ClN5O4S. The lowest BCUT2D eigenvalue weighted by molar-refractivity contribution is -0.119. The second-order valence-electron chi connectivity index (χ2n) is 8.16. The smallest absolute Gasteiger partial charge is 0.255 e. The second-order valence-corrected chi connectivity index (χ2v) is 10.4. The van der Waals surface area contributed by atoms with Crippen LogP contribution in [0.5, 0.6) is 5.75 Å². The molecule has 0 saturated heterocycles. The molecule has 0 bridgehead atoms. The van der Waals surface area contributed by atoms with Gasteiger partial charge in [-0.15, -0.1) is 0 Å². The molecule has 0 atom stereocenters. The monoisotopic (exact) mass is 551 g/mol. The van der Waals surface area contributed by atoms with E-state index in [9.17, 15) is 13.2 Å². The zero-order chi connectivity index (χ0) is 27.0. The summed E-state index contributed by atoms with van der Waals surface area (Å²) in [7, 11) is -3.87. The van der Waals surface area contributed by atoms with Crippen molar-refractivity contribution >= 4 is 33.7 Å². The van der Waals surface area contributed by atoms with Gasteiger partial charge < -0.3 is 4.74 Å². The number of amides is 1. The third-order valence-corrected chi connectivity index (χ3v) is 6.97. The number of nitrogens with zero attached hydrogens (tertiary/aromatic N) is 3. The first-order valence-corrected chi connectivity index (χ1v) is 13.7. The fourth-order valence-corrected chi connectivity index (χ4v) is 4.53. The highest BCUT2D eigenvalue weighted by Gasteiger charge is 2.15. The van der Waals surface area contributed by atoms with Gasteiger partial charge >= 0.3 is 0 Å². The molecule has 9 nitrogen and oxygen atoms in total. The summed E-state index contributed by atoms with van der Waals surface area (Å²) >= 11 is 5.80. The van der Waals surface area contributed by atoms with Crippen LogP contribution in [0.4, 0.5) is 0 Å². The molecule has 3 aromatic carbocycles. The number of benzene rings is 3. The van der Waals surface area contributed by atoms with Crippen LogP contribution in [0.2, 0.25) is 5.02 Å². The fourth-order valence-electron chi connectivity index (χ4n) is 3.42. The molecule has 11 heteroatoms. The minimum atomic E-state index is -3.87. The quantitative estimate of drug-likeness (QED) is 0.212. The number of hydrogen-bond acceptors (Lipinski definition) is 6. The molecule has 0 aliphatic heterocycles. The predicted octanol–water partition coefficient (Wildman–Crippen LogP) is 4.41. The number of hydrogen-bond donors (Lipinski definition) is 2. The van der Waals surface area contributed by atoms with Crippen LogP contribution in [0.1, 0.15) is 18.9 Å². The van der Waals surface area contributed by atoms with Crippen molar-refractivity contribution in [1.82, 2.24) is 19.9 Å². The highest BCUT2D eigenvalue weighted by atomic mass is 35.5. The number of sulfonamides is 1. The van der Waals surface area contributed by atoms with Gasteiger partial charge in [-0.05, 0) is 67.1 Å². The van der Waals surface area contributed by atoms with E-state index in [1.165, 1.54) is 30.5 Å². The first-order valence-electron chi connectivity index (χ1n) is 11.8. The average molecular weight is 552 g/mol. The molecule has 0 radical (unpaired) electrons. The molecule has 0 aliphatic carbocycles. The van der Waals surface area contributed by atoms with Crippen molar-refractivity contribution in [1.29, 1.82) is 0 Å². The Kier molecular flexibility index (Phi) is 8.90. The fraction of sp³-hybridized carbons (Fsp3) is 0.148. The number of ether oxygens (including phenoxy) is 1. The van der Waals surface area contributed by atoms with Crippen LogP contribution < -0.4 is 14.9 Å². The predicted molar refractivity (Wildman–Crippen MR) is 147 cm³/mol. The molecule has 0 unspecified atom stereocenters. The van der Waals surface area contributed by atoms with E-state index in [0.717, 1.165) is 23.4 Å². The van der Waals surface area contributed by atoms with E-state index in [2.05, 4.69) is 15.2 Å². The molecule has 196 valence electrons. The summed E-state index contributed by atoms with van der Waals surface area (Å²) in [6.07, 6.45) is 4.18. The lowest BCUT2D eigenvalue weighted by atomic mass is 10.1. The van der Waals surface area contributed by atoms with Gasteiger partial charge in [0.2, 0.25) is 10.0 Å². The van der Waals surface area contributed by atoms with Crippen molar-refractivity contribution in [2.75, 3.05) is 13.2 Å².